The van der Waals surface area contributed by atoms with Crippen molar-refractivity contribution in [3.05, 3.63) is 48.2 Å². The van der Waals surface area contributed by atoms with Gasteiger partial charge in [-0.1, -0.05) is 24.3 Å². The number of rotatable bonds is 3. The molecule has 3 heterocycles. The van der Waals surface area contributed by atoms with Gasteiger partial charge in [-0.05, 0) is 45.1 Å². The Balaban J connectivity index is 1.41. The van der Waals surface area contributed by atoms with E-state index in [1.54, 1.807) is 11.1 Å². The second-order valence-electron chi connectivity index (χ2n) is 9.70. The first-order chi connectivity index (χ1) is 15.8. The zero-order valence-corrected chi connectivity index (χ0v) is 19.2. The van der Waals surface area contributed by atoms with Gasteiger partial charge in [-0.25, -0.2) is 19.2 Å². The molecule has 1 aliphatic heterocycles. The van der Waals surface area contributed by atoms with Gasteiger partial charge < -0.3 is 14.5 Å². The van der Waals surface area contributed by atoms with Crippen LogP contribution in [0.15, 0.2) is 36.8 Å². The minimum atomic E-state index is -0.532. The molecule has 0 bridgehead atoms. The molecule has 1 saturated heterocycles. The zero-order chi connectivity index (χ0) is 23.2. The van der Waals surface area contributed by atoms with E-state index in [1.165, 1.54) is 6.33 Å². The molecule has 2 fully saturated rings. The Morgan fingerprint density at radius 2 is 1.79 bits per heavy atom. The number of carbonyl (C=O) groups is 1. The van der Waals surface area contributed by atoms with Crippen LogP contribution in [0, 0.1) is 5.82 Å². The Morgan fingerprint density at radius 1 is 1.06 bits per heavy atom. The number of fused-ring (bicyclic) bond motifs is 1. The lowest BCUT2D eigenvalue weighted by atomic mass is 9.99. The molecule has 0 N–H and O–H groups in total. The van der Waals surface area contributed by atoms with E-state index in [1.807, 2.05) is 43.9 Å². The van der Waals surface area contributed by atoms with Crippen LogP contribution in [0.2, 0.25) is 0 Å². The molecule has 0 atom stereocenters. The normalized spacial score (nSPS) is 16.8. The van der Waals surface area contributed by atoms with Gasteiger partial charge in [-0.3, -0.25) is 4.98 Å². The Labute approximate surface area is 192 Å². The van der Waals surface area contributed by atoms with Gasteiger partial charge in [0.1, 0.15) is 29.0 Å². The third-order valence-electron chi connectivity index (χ3n) is 6.07. The Hall–Kier alpha value is -3.29. The SMILES string of the molecule is CC(C)(C)OC(=O)N1CCN(c2ncnc3c(F)c(-c4ccccc4C4CC4)ncc23)CC1. The lowest BCUT2D eigenvalue weighted by Crippen LogP contribution is -2.50. The topological polar surface area (TPSA) is 71.5 Å². The van der Waals surface area contributed by atoms with Crippen LogP contribution >= 0.6 is 0 Å². The van der Waals surface area contributed by atoms with E-state index in [0.717, 1.165) is 24.0 Å². The maximum atomic E-state index is 15.7. The fourth-order valence-electron chi connectivity index (χ4n) is 4.31. The number of hydrogen-bond acceptors (Lipinski definition) is 6. The average Bonchev–Trinajstić information content (AvgIpc) is 3.64. The molecule has 3 aromatic rings. The van der Waals surface area contributed by atoms with E-state index in [-0.39, 0.29) is 11.6 Å². The van der Waals surface area contributed by atoms with E-state index in [0.29, 0.717) is 49.0 Å². The molecule has 1 amide bonds. The predicted octanol–water partition coefficient (Wildman–Crippen LogP) is 4.77. The van der Waals surface area contributed by atoms with Gasteiger partial charge in [0.05, 0.1) is 5.39 Å². The fraction of sp³-hybridized carbons (Fsp3) is 0.440. The van der Waals surface area contributed by atoms with Crippen LogP contribution in [0.3, 0.4) is 0 Å². The minimum Gasteiger partial charge on any atom is -0.444 e. The van der Waals surface area contributed by atoms with Crippen molar-refractivity contribution in [2.24, 2.45) is 0 Å². The van der Waals surface area contributed by atoms with E-state index in [2.05, 4.69) is 21.0 Å². The average molecular weight is 450 g/mol. The molecule has 33 heavy (non-hydrogen) atoms. The molecular formula is C25H28FN5O2. The smallest absolute Gasteiger partial charge is 0.410 e. The monoisotopic (exact) mass is 449 g/mol. The second kappa shape index (κ2) is 8.24. The summed E-state index contributed by atoms with van der Waals surface area (Å²) < 4.78 is 21.1. The molecule has 0 spiro atoms. The first kappa shape index (κ1) is 21.6. The molecule has 1 aromatic carbocycles. The number of halogens is 1. The minimum absolute atomic E-state index is 0.269. The van der Waals surface area contributed by atoms with Gasteiger partial charge in [0.15, 0.2) is 5.82 Å². The summed E-state index contributed by atoms with van der Waals surface area (Å²) >= 11 is 0. The lowest BCUT2D eigenvalue weighted by Gasteiger charge is -2.36. The molecule has 2 aliphatic rings. The van der Waals surface area contributed by atoms with Crippen LogP contribution < -0.4 is 4.90 Å². The van der Waals surface area contributed by atoms with Crippen LogP contribution in [0.4, 0.5) is 15.0 Å². The first-order valence-corrected chi connectivity index (χ1v) is 11.4. The molecule has 1 saturated carbocycles. The van der Waals surface area contributed by atoms with Crippen LogP contribution in [0.25, 0.3) is 22.2 Å². The molecule has 172 valence electrons. The van der Waals surface area contributed by atoms with Crippen LogP contribution in [-0.2, 0) is 4.74 Å². The molecule has 7 nitrogen and oxygen atoms in total. The molecular weight excluding hydrogens is 421 g/mol. The van der Waals surface area contributed by atoms with E-state index < -0.39 is 11.4 Å². The van der Waals surface area contributed by atoms with Crippen molar-refractivity contribution >= 4 is 22.8 Å². The summed E-state index contributed by atoms with van der Waals surface area (Å²) in [7, 11) is 0. The highest BCUT2D eigenvalue weighted by molar-refractivity contribution is 5.91. The number of piperazine rings is 1. The van der Waals surface area contributed by atoms with Crippen molar-refractivity contribution in [2.75, 3.05) is 31.1 Å². The molecule has 8 heteroatoms. The van der Waals surface area contributed by atoms with Crippen molar-refractivity contribution in [3.8, 4) is 11.3 Å². The molecule has 2 aromatic heterocycles. The van der Waals surface area contributed by atoms with Gasteiger partial charge in [-0.2, -0.15) is 0 Å². The number of anilines is 1. The molecule has 0 radical (unpaired) electrons. The Kier molecular flexibility index (Phi) is 5.38. The van der Waals surface area contributed by atoms with Gasteiger partial charge >= 0.3 is 6.09 Å². The van der Waals surface area contributed by atoms with Crippen molar-refractivity contribution in [1.29, 1.82) is 0 Å². The molecule has 0 unspecified atom stereocenters. The summed E-state index contributed by atoms with van der Waals surface area (Å²) in [5.41, 5.74) is 2.06. The highest BCUT2D eigenvalue weighted by atomic mass is 19.1. The van der Waals surface area contributed by atoms with Crippen LogP contribution in [-0.4, -0.2) is 57.7 Å². The standard InChI is InChI=1S/C25H28FN5O2/c1-25(2,3)33-24(32)31-12-10-30(11-13-31)23-19-14-27-21(20(26)22(19)28-15-29-23)18-7-5-4-6-17(18)16-8-9-16/h4-7,14-16H,8-13H2,1-3H3. The fourth-order valence-corrected chi connectivity index (χ4v) is 4.31. The third kappa shape index (κ3) is 4.34. The van der Waals surface area contributed by atoms with Crippen LogP contribution in [0.1, 0.15) is 45.1 Å². The lowest BCUT2D eigenvalue weighted by molar-refractivity contribution is 0.0240. The van der Waals surface area contributed by atoms with E-state index in [4.69, 9.17) is 4.74 Å². The maximum Gasteiger partial charge on any atom is 0.410 e. The van der Waals surface area contributed by atoms with Gasteiger partial charge in [-0.15, -0.1) is 0 Å². The molecule has 5 rings (SSSR count). The summed E-state index contributed by atoms with van der Waals surface area (Å²) in [5.74, 6) is 0.703. The van der Waals surface area contributed by atoms with Gasteiger partial charge in [0.2, 0.25) is 0 Å². The molecule has 1 aliphatic carbocycles. The number of carbonyl (C=O) groups excluding carboxylic acids is 1. The number of hydrogen-bond donors (Lipinski definition) is 0. The summed E-state index contributed by atoms with van der Waals surface area (Å²) in [6, 6.07) is 7.91. The maximum absolute atomic E-state index is 15.7. The van der Waals surface area contributed by atoms with Crippen LogP contribution in [0.5, 0.6) is 0 Å². The second-order valence-corrected chi connectivity index (χ2v) is 9.70. The van der Waals surface area contributed by atoms with Crippen molar-refractivity contribution in [2.45, 2.75) is 45.1 Å². The van der Waals surface area contributed by atoms with Gasteiger partial charge in [0, 0.05) is 37.9 Å². The zero-order valence-electron chi connectivity index (χ0n) is 19.2. The Morgan fingerprint density at radius 3 is 2.48 bits per heavy atom. The Bertz CT molecular complexity index is 1200. The number of amides is 1. The van der Waals surface area contributed by atoms with E-state index in [9.17, 15) is 4.79 Å². The number of ether oxygens (including phenoxy) is 1. The van der Waals surface area contributed by atoms with E-state index >= 15 is 4.39 Å². The summed E-state index contributed by atoms with van der Waals surface area (Å²) in [5, 5.41) is 0.577. The number of aromatic nitrogens is 3. The van der Waals surface area contributed by atoms with Crippen molar-refractivity contribution in [3.63, 3.8) is 0 Å². The van der Waals surface area contributed by atoms with Gasteiger partial charge in [0.25, 0.3) is 0 Å². The first-order valence-electron chi connectivity index (χ1n) is 11.4. The summed E-state index contributed by atoms with van der Waals surface area (Å²) in [6.45, 7) is 7.71. The number of pyridine rings is 1. The highest BCUT2D eigenvalue weighted by Gasteiger charge is 2.29. The quantitative estimate of drug-likeness (QED) is 0.574. The third-order valence-corrected chi connectivity index (χ3v) is 6.07. The van der Waals surface area contributed by atoms with Crippen molar-refractivity contribution in [1.82, 2.24) is 19.9 Å². The number of benzene rings is 1. The highest BCUT2D eigenvalue weighted by Crippen LogP contribution is 2.44. The largest absolute Gasteiger partial charge is 0.444 e. The van der Waals surface area contributed by atoms with Crippen molar-refractivity contribution < 1.29 is 13.9 Å². The summed E-state index contributed by atoms with van der Waals surface area (Å²) in [6.07, 6.45) is 5.02. The predicted molar refractivity (Wildman–Crippen MR) is 125 cm³/mol. The summed E-state index contributed by atoms with van der Waals surface area (Å²) in [4.78, 5) is 29.3. The number of nitrogens with zero attached hydrogens (tertiary/aromatic N) is 5.